The maximum atomic E-state index is 12.5. The van der Waals surface area contributed by atoms with E-state index in [2.05, 4.69) is 4.98 Å². The summed E-state index contributed by atoms with van der Waals surface area (Å²) in [5.41, 5.74) is 0.897. The number of halogens is 3. The smallest absolute Gasteiger partial charge is 0.390 e. The van der Waals surface area contributed by atoms with E-state index in [-0.39, 0.29) is 6.61 Å². The van der Waals surface area contributed by atoms with Crippen LogP contribution in [0, 0.1) is 6.92 Å². The van der Waals surface area contributed by atoms with Gasteiger partial charge in [0, 0.05) is 5.39 Å². The zero-order chi connectivity index (χ0) is 12.6. The highest BCUT2D eigenvalue weighted by atomic mass is 19.4. The average molecular weight is 241 g/mol. The summed E-state index contributed by atoms with van der Waals surface area (Å²) in [5.74, 6) is 0. The molecule has 5 heteroatoms. The molecule has 0 aliphatic rings. The molecule has 0 saturated carbocycles. The van der Waals surface area contributed by atoms with Crippen LogP contribution in [-0.2, 0) is 12.8 Å². The number of nitrogens with zero attached hydrogens (tertiary/aromatic N) is 1. The van der Waals surface area contributed by atoms with Crippen molar-refractivity contribution in [3.05, 3.63) is 41.1 Å². The van der Waals surface area contributed by atoms with E-state index in [9.17, 15) is 13.2 Å². The number of aliphatic hydroxyl groups excluding tert-OH is 1. The summed E-state index contributed by atoms with van der Waals surface area (Å²) in [4.78, 5) is 4.06. The van der Waals surface area contributed by atoms with Crippen LogP contribution in [-0.4, -0.2) is 10.1 Å². The molecule has 90 valence electrons. The fraction of sp³-hybridized carbons (Fsp3) is 0.250. The van der Waals surface area contributed by atoms with E-state index < -0.39 is 11.7 Å². The Bertz CT molecular complexity index is 563. The average Bonchev–Trinajstić information content (AvgIpc) is 2.27. The Morgan fingerprint density at radius 1 is 1.24 bits per heavy atom. The van der Waals surface area contributed by atoms with Crippen molar-refractivity contribution < 1.29 is 18.3 Å². The third-order valence-corrected chi connectivity index (χ3v) is 2.56. The topological polar surface area (TPSA) is 33.1 Å². The van der Waals surface area contributed by atoms with Crippen molar-refractivity contribution >= 4 is 10.9 Å². The fourth-order valence-electron chi connectivity index (χ4n) is 1.72. The number of hydrogen-bond acceptors (Lipinski definition) is 2. The first-order valence-corrected chi connectivity index (χ1v) is 5.00. The lowest BCUT2D eigenvalue weighted by molar-refractivity contribution is -0.137. The van der Waals surface area contributed by atoms with Crippen molar-refractivity contribution in [2.75, 3.05) is 0 Å². The molecule has 0 amide bonds. The van der Waals surface area contributed by atoms with Gasteiger partial charge in [0.15, 0.2) is 0 Å². The fourth-order valence-corrected chi connectivity index (χ4v) is 1.72. The first-order chi connectivity index (χ1) is 7.91. The summed E-state index contributed by atoms with van der Waals surface area (Å²) >= 11 is 0. The molecule has 1 aromatic heterocycles. The molecular weight excluding hydrogens is 231 g/mol. The van der Waals surface area contributed by atoms with E-state index in [0.29, 0.717) is 22.2 Å². The number of fused-ring (bicyclic) bond motifs is 1. The van der Waals surface area contributed by atoms with Crippen molar-refractivity contribution in [3.8, 4) is 0 Å². The van der Waals surface area contributed by atoms with E-state index in [1.807, 2.05) is 0 Å². The minimum Gasteiger partial charge on any atom is -0.390 e. The van der Waals surface area contributed by atoms with Gasteiger partial charge in [-0.3, -0.25) is 4.98 Å². The van der Waals surface area contributed by atoms with Crippen LogP contribution in [0.1, 0.15) is 16.8 Å². The number of hydrogen-bond donors (Lipinski definition) is 1. The number of benzene rings is 1. The van der Waals surface area contributed by atoms with Gasteiger partial charge in [-0.1, -0.05) is 0 Å². The Balaban J connectivity index is 2.67. The first kappa shape index (κ1) is 11.9. The summed E-state index contributed by atoms with van der Waals surface area (Å²) in [6, 6.07) is 4.99. The number of rotatable bonds is 1. The van der Waals surface area contributed by atoms with Gasteiger partial charge in [-0.15, -0.1) is 0 Å². The second kappa shape index (κ2) is 4.00. The van der Waals surface area contributed by atoms with Gasteiger partial charge in [0.05, 0.1) is 23.4 Å². The van der Waals surface area contributed by atoms with Gasteiger partial charge in [-0.25, -0.2) is 0 Å². The van der Waals surface area contributed by atoms with E-state index in [0.717, 1.165) is 12.1 Å². The number of aliphatic hydroxyl groups is 1. The molecule has 0 atom stereocenters. The minimum atomic E-state index is -4.35. The number of aryl methyl sites for hydroxylation is 1. The monoisotopic (exact) mass is 241 g/mol. The van der Waals surface area contributed by atoms with E-state index in [1.165, 1.54) is 6.07 Å². The van der Waals surface area contributed by atoms with E-state index >= 15 is 0 Å². The Hall–Kier alpha value is -1.62. The molecule has 0 radical (unpaired) electrons. The highest BCUT2D eigenvalue weighted by Crippen LogP contribution is 2.31. The SMILES string of the molecule is Cc1cc(CO)nc2ccc(C(F)(F)F)cc12. The molecule has 2 rings (SSSR count). The molecule has 1 N–H and O–H groups in total. The third kappa shape index (κ3) is 2.24. The summed E-state index contributed by atoms with van der Waals surface area (Å²) in [5, 5.41) is 9.42. The maximum Gasteiger partial charge on any atom is 0.416 e. The molecule has 2 aromatic rings. The molecule has 0 aliphatic heterocycles. The van der Waals surface area contributed by atoms with Crippen LogP contribution in [0.4, 0.5) is 13.2 Å². The van der Waals surface area contributed by atoms with Crippen LogP contribution >= 0.6 is 0 Å². The van der Waals surface area contributed by atoms with Crippen LogP contribution in [0.15, 0.2) is 24.3 Å². The molecule has 0 spiro atoms. The van der Waals surface area contributed by atoms with E-state index in [4.69, 9.17) is 5.11 Å². The second-order valence-corrected chi connectivity index (χ2v) is 3.82. The summed E-state index contributed by atoms with van der Waals surface area (Å²) in [7, 11) is 0. The van der Waals surface area contributed by atoms with Crippen molar-refractivity contribution in [1.82, 2.24) is 4.98 Å². The summed E-state index contributed by atoms with van der Waals surface area (Å²) in [6.07, 6.45) is -4.35. The lowest BCUT2D eigenvalue weighted by Crippen LogP contribution is -2.05. The van der Waals surface area contributed by atoms with Crippen molar-refractivity contribution in [2.24, 2.45) is 0 Å². The number of pyridine rings is 1. The zero-order valence-electron chi connectivity index (χ0n) is 9.04. The minimum absolute atomic E-state index is 0.224. The van der Waals surface area contributed by atoms with Crippen molar-refractivity contribution in [3.63, 3.8) is 0 Å². The highest BCUT2D eigenvalue weighted by Gasteiger charge is 2.30. The molecule has 0 aliphatic carbocycles. The standard InChI is InChI=1S/C12H10F3NO/c1-7-4-9(6-17)16-11-3-2-8(5-10(7)11)12(13,14)15/h2-5,17H,6H2,1H3. The maximum absolute atomic E-state index is 12.5. The zero-order valence-corrected chi connectivity index (χ0v) is 9.04. The molecule has 1 heterocycles. The van der Waals surface area contributed by atoms with E-state index in [1.54, 1.807) is 13.0 Å². The van der Waals surface area contributed by atoms with Crippen LogP contribution in [0.25, 0.3) is 10.9 Å². The molecule has 1 aromatic carbocycles. The molecule has 17 heavy (non-hydrogen) atoms. The summed E-state index contributed by atoms with van der Waals surface area (Å²) < 4.78 is 37.6. The lowest BCUT2D eigenvalue weighted by atomic mass is 10.1. The van der Waals surface area contributed by atoms with Gasteiger partial charge >= 0.3 is 6.18 Å². The Morgan fingerprint density at radius 2 is 1.94 bits per heavy atom. The first-order valence-electron chi connectivity index (χ1n) is 5.00. The highest BCUT2D eigenvalue weighted by molar-refractivity contribution is 5.83. The van der Waals surface area contributed by atoms with Crippen LogP contribution in [0.3, 0.4) is 0 Å². The Morgan fingerprint density at radius 3 is 2.53 bits per heavy atom. The number of aromatic nitrogens is 1. The lowest BCUT2D eigenvalue weighted by Gasteiger charge is -2.09. The molecule has 0 unspecified atom stereocenters. The predicted octanol–water partition coefficient (Wildman–Crippen LogP) is 3.05. The van der Waals surface area contributed by atoms with Gasteiger partial charge in [-0.2, -0.15) is 13.2 Å². The molecule has 0 saturated heterocycles. The van der Waals surface area contributed by atoms with Crippen LogP contribution in [0.5, 0.6) is 0 Å². The normalized spacial score (nSPS) is 12.1. The van der Waals surface area contributed by atoms with Crippen LogP contribution < -0.4 is 0 Å². The number of alkyl halides is 3. The summed E-state index contributed by atoms with van der Waals surface area (Å²) in [6.45, 7) is 1.47. The Kier molecular flexibility index (Phi) is 2.79. The quantitative estimate of drug-likeness (QED) is 0.832. The molecule has 2 nitrogen and oxygen atoms in total. The van der Waals surface area contributed by atoms with Gasteiger partial charge in [0.25, 0.3) is 0 Å². The van der Waals surface area contributed by atoms with Gasteiger partial charge in [0.2, 0.25) is 0 Å². The molecular formula is C12H10F3NO. The van der Waals surface area contributed by atoms with Gasteiger partial charge < -0.3 is 5.11 Å². The van der Waals surface area contributed by atoms with Crippen LogP contribution in [0.2, 0.25) is 0 Å². The largest absolute Gasteiger partial charge is 0.416 e. The van der Waals surface area contributed by atoms with Crippen molar-refractivity contribution in [1.29, 1.82) is 0 Å². The van der Waals surface area contributed by atoms with Gasteiger partial charge in [-0.05, 0) is 36.8 Å². The van der Waals surface area contributed by atoms with Gasteiger partial charge in [0.1, 0.15) is 0 Å². The molecule has 0 fully saturated rings. The second-order valence-electron chi connectivity index (χ2n) is 3.82. The van der Waals surface area contributed by atoms with Crippen molar-refractivity contribution in [2.45, 2.75) is 19.7 Å². The Labute approximate surface area is 95.7 Å². The molecule has 0 bridgehead atoms. The predicted molar refractivity (Wildman–Crippen MR) is 57.4 cm³/mol. The third-order valence-electron chi connectivity index (χ3n) is 2.56.